The molecule has 0 fully saturated rings. The third-order valence-electron chi connectivity index (χ3n) is 2.01. The van der Waals surface area contributed by atoms with E-state index in [0.717, 1.165) is 23.4 Å². The summed E-state index contributed by atoms with van der Waals surface area (Å²) in [6.07, 6.45) is 3.30. The smallest absolute Gasteiger partial charge is 0.169 e. The number of nitrogens with one attached hydrogen (secondary N) is 1. The molecule has 1 aromatic heterocycles. The summed E-state index contributed by atoms with van der Waals surface area (Å²) in [6.45, 7) is 7.34. The zero-order valence-electron chi connectivity index (χ0n) is 9.51. The van der Waals surface area contributed by atoms with Gasteiger partial charge in [0.1, 0.15) is 5.76 Å². The van der Waals surface area contributed by atoms with Crippen molar-refractivity contribution in [1.29, 1.82) is 0 Å². The molecule has 15 heavy (non-hydrogen) atoms. The molecule has 1 N–H and O–H groups in total. The lowest BCUT2D eigenvalue weighted by Gasteiger charge is -2.12. The van der Waals surface area contributed by atoms with E-state index in [4.69, 9.17) is 4.42 Å². The van der Waals surface area contributed by atoms with Gasteiger partial charge < -0.3 is 9.73 Å². The van der Waals surface area contributed by atoms with Crippen LogP contribution in [0.4, 0.5) is 0 Å². The van der Waals surface area contributed by atoms with Crippen molar-refractivity contribution in [2.24, 2.45) is 0 Å². The standard InChI is InChI=1S/C12H18BrNO/c1-4-7-14-10(8-9(2)3)11-5-6-12(13)15-11/h5-6,8,10,14H,4,7H2,1-3H3. The Labute approximate surface area is 99.9 Å². The van der Waals surface area contributed by atoms with Gasteiger partial charge in [-0.3, -0.25) is 0 Å². The largest absolute Gasteiger partial charge is 0.452 e. The van der Waals surface area contributed by atoms with E-state index in [1.54, 1.807) is 0 Å². The zero-order valence-corrected chi connectivity index (χ0v) is 11.1. The lowest BCUT2D eigenvalue weighted by Crippen LogP contribution is -2.20. The van der Waals surface area contributed by atoms with E-state index in [1.165, 1.54) is 5.57 Å². The van der Waals surface area contributed by atoms with Gasteiger partial charge in [-0.1, -0.05) is 18.6 Å². The molecule has 0 saturated heterocycles. The average molecular weight is 272 g/mol. The molecule has 0 spiro atoms. The van der Waals surface area contributed by atoms with Crippen molar-refractivity contribution in [2.75, 3.05) is 6.54 Å². The van der Waals surface area contributed by atoms with Crippen LogP contribution in [0.5, 0.6) is 0 Å². The Morgan fingerprint density at radius 3 is 2.73 bits per heavy atom. The molecule has 0 saturated carbocycles. The van der Waals surface area contributed by atoms with Crippen molar-refractivity contribution in [3.63, 3.8) is 0 Å². The van der Waals surface area contributed by atoms with Crippen LogP contribution in [0.2, 0.25) is 0 Å². The van der Waals surface area contributed by atoms with Crippen LogP contribution in [-0.4, -0.2) is 6.54 Å². The number of allylic oxidation sites excluding steroid dienone is 1. The van der Waals surface area contributed by atoms with Crippen molar-refractivity contribution in [3.05, 3.63) is 34.2 Å². The normalized spacial score (nSPS) is 12.5. The predicted octanol–water partition coefficient (Wildman–Crippen LogP) is 4.05. The maximum Gasteiger partial charge on any atom is 0.169 e. The van der Waals surface area contributed by atoms with Crippen LogP contribution in [0.15, 0.2) is 32.9 Å². The summed E-state index contributed by atoms with van der Waals surface area (Å²) in [5.74, 6) is 0.955. The van der Waals surface area contributed by atoms with Gasteiger partial charge in [0.25, 0.3) is 0 Å². The lowest BCUT2D eigenvalue weighted by atomic mass is 10.1. The molecule has 2 nitrogen and oxygen atoms in total. The van der Waals surface area contributed by atoms with E-state index < -0.39 is 0 Å². The molecule has 0 aromatic carbocycles. The minimum Gasteiger partial charge on any atom is -0.452 e. The van der Waals surface area contributed by atoms with Gasteiger partial charge in [-0.25, -0.2) is 0 Å². The van der Waals surface area contributed by atoms with Gasteiger partial charge in [-0.05, 0) is 54.9 Å². The van der Waals surface area contributed by atoms with Crippen LogP contribution in [0.1, 0.15) is 39.0 Å². The maximum absolute atomic E-state index is 5.55. The Bertz CT molecular complexity index is 326. The molecule has 1 atom stereocenters. The maximum atomic E-state index is 5.55. The Morgan fingerprint density at radius 1 is 1.53 bits per heavy atom. The van der Waals surface area contributed by atoms with Crippen molar-refractivity contribution < 1.29 is 4.42 Å². The van der Waals surface area contributed by atoms with Crippen molar-refractivity contribution in [1.82, 2.24) is 5.32 Å². The molecule has 1 unspecified atom stereocenters. The Hall–Kier alpha value is -0.540. The highest BCUT2D eigenvalue weighted by molar-refractivity contribution is 9.10. The highest BCUT2D eigenvalue weighted by atomic mass is 79.9. The van der Waals surface area contributed by atoms with E-state index in [1.807, 2.05) is 12.1 Å². The van der Waals surface area contributed by atoms with Gasteiger partial charge in [0, 0.05) is 0 Å². The lowest BCUT2D eigenvalue weighted by molar-refractivity contribution is 0.438. The third-order valence-corrected chi connectivity index (χ3v) is 2.44. The number of hydrogen-bond acceptors (Lipinski definition) is 2. The summed E-state index contributed by atoms with van der Waals surface area (Å²) in [5.41, 5.74) is 1.29. The van der Waals surface area contributed by atoms with Crippen LogP contribution < -0.4 is 5.32 Å². The van der Waals surface area contributed by atoms with E-state index >= 15 is 0 Å². The molecule has 0 aliphatic carbocycles. The van der Waals surface area contributed by atoms with E-state index in [2.05, 4.69) is 48.1 Å². The van der Waals surface area contributed by atoms with Gasteiger partial charge in [-0.15, -0.1) is 0 Å². The number of halogens is 1. The van der Waals surface area contributed by atoms with Gasteiger partial charge >= 0.3 is 0 Å². The average Bonchev–Trinajstić information content (AvgIpc) is 2.58. The molecule has 84 valence electrons. The Kier molecular flexibility index (Phi) is 5.12. The first kappa shape index (κ1) is 12.5. The molecule has 0 aliphatic heterocycles. The van der Waals surface area contributed by atoms with Crippen LogP contribution in [0.3, 0.4) is 0 Å². The molecule has 1 aromatic rings. The van der Waals surface area contributed by atoms with Crippen LogP contribution in [0.25, 0.3) is 0 Å². The molecule has 0 radical (unpaired) electrons. The summed E-state index contributed by atoms with van der Waals surface area (Å²) < 4.78 is 6.33. The molecule has 1 rings (SSSR count). The Balaban J connectivity index is 2.76. The molecule has 0 aliphatic rings. The van der Waals surface area contributed by atoms with Crippen molar-refractivity contribution in [2.45, 2.75) is 33.2 Å². The summed E-state index contributed by atoms with van der Waals surface area (Å²) >= 11 is 3.32. The SMILES string of the molecule is CCCNC(C=C(C)C)c1ccc(Br)o1. The first-order valence-corrected chi connectivity index (χ1v) is 6.06. The third kappa shape index (κ3) is 4.22. The molecular weight excluding hydrogens is 254 g/mol. The summed E-state index contributed by atoms with van der Waals surface area (Å²) in [6, 6.07) is 4.10. The summed E-state index contributed by atoms with van der Waals surface area (Å²) in [7, 11) is 0. The second kappa shape index (κ2) is 6.13. The summed E-state index contributed by atoms with van der Waals surface area (Å²) in [5, 5.41) is 3.44. The second-order valence-corrected chi connectivity index (χ2v) is 4.60. The monoisotopic (exact) mass is 271 g/mol. The Morgan fingerprint density at radius 2 is 2.27 bits per heavy atom. The molecule has 0 bridgehead atoms. The topological polar surface area (TPSA) is 25.2 Å². The van der Waals surface area contributed by atoms with Gasteiger partial charge in [0.2, 0.25) is 0 Å². The molecular formula is C12H18BrNO. The predicted molar refractivity (Wildman–Crippen MR) is 66.9 cm³/mol. The van der Waals surface area contributed by atoms with Crippen LogP contribution in [0, 0.1) is 0 Å². The van der Waals surface area contributed by atoms with E-state index in [-0.39, 0.29) is 6.04 Å². The number of hydrogen-bond donors (Lipinski definition) is 1. The fourth-order valence-corrected chi connectivity index (χ4v) is 1.69. The quantitative estimate of drug-likeness (QED) is 0.818. The van der Waals surface area contributed by atoms with Crippen molar-refractivity contribution >= 4 is 15.9 Å². The van der Waals surface area contributed by atoms with Gasteiger partial charge in [0.05, 0.1) is 6.04 Å². The summed E-state index contributed by atoms with van der Waals surface area (Å²) in [4.78, 5) is 0. The van der Waals surface area contributed by atoms with E-state index in [0.29, 0.717) is 0 Å². The fourth-order valence-electron chi connectivity index (χ4n) is 1.37. The molecule has 0 amide bonds. The highest BCUT2D eigenvalue weighted by Crippen LogP contribution is 2.22. The fraction of sp³-hybridized carbons (Fsp3) is 0.500. The highest BCUT2D eigenvalue weighted by Gasteiger charge is 2.11. The number of rotatable bonds is 5. The minimum atomic E-state index is 0.182. The van der Waals surface area contributed by atoms with E-state index in [9.17, 15) is 0 Å². The van der Waals surface area contributed by atoms with Gasteiger partial charge in [-0.2, -0.15) is 0 Å². The molecule has 3 heteroatoms. The molecule has 1 heterocycles. The van der Waals surface area contributed by atoms with Crippen LogP contribution >= 0.6 is 15.9 Å². The first-order valence-electron chi connectivity index (χ1n) is 5.27. The van der Waals surface area contributed by atoms with Gasteiger partial charge in [0.15, 0.2) is 4.67 Å². The zero-order chi connectivity index (χ0) is 11.3. The minimum absolute atomic E-state index is 0.182. The van der Waals surface area contributed by atoms with Crippen LogP contribution in [-0.2, 0) is 0 Å². The van der Waals surface area contributed by atoms with Crippen molar-refractivity contribution in [3.8, 4) is 0 Å². The first-order chi connectivity index (χ1) is 7.13. The number of furan rings is 1. The second-order valence-electron chi connectivity index (χ2n) is 3.82.